The molecule has 2 rings (SSSR count). The molecule has 0 spiro atoms. The van der Waals surface area contributed by atoms with Crippen LogP contribution in [-0.2, 0) is 9.53 Å². The van der Waals surface area contributed by atoms with Gasteiger partial charge in [0.2, 0.25) is 5.13 Å². The van der Waals surface area contributed by atoms with Gasteiger partial charge in [-0.15, -0.1) is 0 Å². The Morgan fingerprint density at radius 1 is 1.24 bits per heavy atom. The summed E-state index contributed by atoms with van der Waals surface area (Å²) in [6, 6.07) is 1.98. The van der Waals surface area contributed by atoms with Crippen molar-refractivity contribution in [3.8, 4) is 5.13 Å². The first-order valence-electron chi connectivity index (χ1n) is 8.28. The molecule has 1 amide bonds. The third-order valence-electron chi connectivity index (χ3n) is 3.75. The van der Waals surface area contributed by atoms with Gasteiger partial charge in [-0.2, -0.15) is 5.10 Å². The summed E-state index contributed by atoms with van der Waals surface area (Å²) in [7, 11) is 1.39. The molecule has 2 aromatic rings. The zero-order valence-corrected chi connectivity index (χ0v) is 15.9. The summed E-state index contributed by atoms with van der Waals surface area (Å²) in [5.74, 6) is -0.309. The van der Waals surface area contributed by atoms with Crippen LogP contribution >= 0.6 is 11.3 Å². The number of esters is 1. The second-order valence-electron chi connectivity index (χ2n) is 5.89. The Hall–Kier alpha value is -2.22. The van der Waals surface area contributed by atoms with Crippen molar-refractivity contribution in [1.29, 1.82) is 0 Å². The van der Waals surface area contributed by atoms with Crippen molar-refractivity contribution in [2.75, 3.05) is 13.7 Å². The molecule has 136 valence electrons. The number of hydrogen-bond acceptors (Lipinski definition) is 6. The van der Waals surface area contributed by atoms with Crippen molar-refractivity contribution in [2.24, 2.45) is 0 Å². The Kier molecular flexibility index (Phi) is 6.69. The average Bonchev–Trinajstić information content (AvgIpc) is 3.12. The van der Waals surface area contributed by atoms with Crippen molar-refractivity contribution < 1.29 is 14.3 Å². The Morgan fingerprint density at radius 3 is 2.64 bits per heavy atom. The number of hydrogen-bond donors (Lipinski definition) is 1. The van der Waals surface area contributed by atoms with Gasteiger partial charge >= 0.3 is 5.97 Å². The number of carbonyl (C=O) groups excluding carboxylic acids is 2. The number of aromatic nitrogens is 3. The van der Waals surface area contributed by atoms with Crippen molar-refractivity contribution in [1.82, 2.24) is 20.1 Å². The van der Waals surface area contributed by atoms with Gasteiger partial charge in [-0.3, -0.25) is 9.59 Å². The lowest BCUT2D eigenvalue weighted by Crippen LogP contribution is -2.24. The maximum Gasteiger partial charge on any atom is 0.305 e. The number of carbonyl (C=O) groups is 2. The van der Waals surface area contributed by atoms with Gasteiger partial charge in [-0.25, -0.2) is 9.67 Å². The van der Waals surface area contributed by atoms with E-state index in [1.807, 2.05) is 26.8 Å². The Morgan fingerprint density at radius 2 is 2.00 bits per heavy atom. The molecule has 0 aliphatic carbocycles. The fourth-order valence-corrected chi connectivity index (χ4v) is 3.46. The minimum atomic E-state index is -0.194. The summed E-state index contributed by atoms with van der Waals surface area (Å²) in [5.41, 5.74) is 2.61. The molecule has 0 radical (unpaired) electrons. The number of aryl methyl sites for hydroxylation is 3. The molecule has 0 saturated heterocycles. The monoisotopic (exact) mass is 364 g/mol. The second-order valence-corrected chi connectivity index (χ2v) is 6.87. The number of methoxy groups -OCH3 is 1. The van der Waals surface area contributed by atoms with Crippen LogP contribution in [0.1, 0.15) is 52.4 Å². The van der Waals surface area contributed by atoms with E-state index in [9.17, 15) is 9.59 Å². The summed E-state index contributed by atoms with van der Waals surface area (Å²) in [6.07, 6.45) is 2.88. The topological polar surface area (TPSA) is 86.1 Å². The number of unbranched alkanes of at least 4 members (excludes halogenated alkanes) is 2. The second kappa shape index (κ2) is 8.75. The molecule has 25 heavy (non-hydrogen) atoms. The van der Waals surface area contributed by atoms with Gasteiger partial charge < -0.3 is 10.1 Å². The molecule has 2 heterocycles. The van der Waals surface area contributed by atoms with Crippen LogP contribution in [0.2, 0.25) is 0 Å². The van der Waals surface area contributed by atoms with Crippen LogP contribution in [0.4, 0.5) is 0 Å². The van der Waals surface area contributed by atoms with Crippen LogP contribution in [0.15, 0.2) is 6.07 Å². The Labute approximate surface area is 151 Å². The van der Waals surface area contributed by atoms with E-state index >= 15 is 0 Å². The minimum absolute atomic E-state index is 0.115. The maximum absolute atomic E-state index is 12.3. The van der Waals surface area contributed by atoms with Gasteiger partial charge in [0.05, 0.1) is 18.5 Å². The smallest absolute Gasteiger partial charge is 0.305 e. The van der Waals surface area contributed by atoms with Gasteiger partial charge in [-0.05, 0) is 39.7 Å². The highest BCUT2D eigenvalue weighted by molar-refractivity contribution is 7.16. The van der Waals surface area contributed by atoms with Crippen molar-refractivity contribution in [3.63, 3.8) is 0 Å². The number of thiazole rings is 1. The third-order valence-corrected chi connectivity index (χ3v) is 4.88. The maximum atomic E-state index is 12.3. The van der Waals surface area contributed by atoms with Gasteiger partial charge in [0.15, 0.2) is 0 Å². The molecule has 8 heteroatoms. The van der Waals surface area contributed by atoms with Crippen molar-refractivity contribution in [2.45, 2.75) is 46.5 Å². The van der Waals surface area contributed by atoms with E-state index < -0.39 is 0 Å². The summed E-state index contributed by atoms with van der Waals surface area (Å²) in [4.78, 5) is 28.4. The fraction of sp³-hybridized carbons (Fsp3) is 0.529. The van der Waals surface area contributed by atoms with Crippen LogP contribution in [0, 0.1) is 20.8 Å². The van der Waals surface area contributed by atoms with E-state index in [4.69, 9.17) is 0 Å². The first kappa shape index (κ1) is 19.1. The molecule has 7 nitrogen and oxygen atoms in total. The molecule has 1 N–H and O–H groups in total. The lowest BCUT2D eigenvalue weighted by molar-refractivity contribution is -0.140. The largest absolute Gasteiger partial charge is 0.469 e. The SMILES string of the molecule is COC(=O)CCCCCNC(=O)c1sc(-n2nc(C)cc2C)nc1C. The summed E-state index contributed by atoms with van der Waals surface area (Å²) in [5, 5.41) is 8.02. The number of ether oxygens (including phenoxy) is 1. The molecule has 0 aromatic carbocycles. The van der Waals surface area contributed by atoms with Gasteiger partial charge in [0.1, 0.15) is 4.88 Å². The zero-order chi connectivity index (χ0) is 18.4. The highest BCUT2D eigenvalue weighted by atomic mass is 32.1. The molecule has 2 aromatic heterocycles. The predicted molar refractivity (Wildman–Crippen MR) is 96.3 cm³/mol. The Balaban J connectivity index is 1.86. The first-order valence-corrected chi connectivity index (χ1v) is 9.10. The molecule has 0 unspecified atom stereocenters. The molecule has 0 aliphatic heterocycles. The zero-order valence-electron chi connectivity index (χ0n) is 15.1. The summed E-state index contributed by atoms with van der Waals surface area (Å²) < 4.78 is 6.35. The number of nitrogens with one attached hydrogen (secondary N) is 1. The molecular weight excluding hydrogens is 340 g/mol. The minimum Gasteiger partial charge on any atom is -0.469 e. The lowest BCUT2D eigenvalue weighted by atomic mass is 10.2. The normalized spacial score (nSPS) is 10.7. The molecular formula is C17H24N4O3S. The molecule has 0 saturated carbocycles. The number of nitrogens with zero attached hydrogens (tertiary/aromatic N) is 3. The van der Waals surface area contributed by atoms with Crippen LogP contribution in [0.5, 0.6) is 0 Å². The van der Waals surface area contributed by atoms with E-state index in [2.05, 4.69) is 20.1 Å². The standard InChI is InChI=1S/C17H24N4O3S/c1-11-10-12(2)21(20-11)17-19-13(3)15(25-17)16(23)18-9-7-5-6-8-14(22)24-4/h10H,5-9H2,1-4H3,(H,18,23). The molecule has 0 atom stereocenters. The molecule has 0 bridgehead atoms. The van der Waals surface area contributed by atoms with Crippen LogP contribution < -0.4 is 5.32 Å². The lowest BCUT2D eigenvalue weighted by Gasteiger charge is -2.04. The van der Waals surface area contributed by atoms with Crippen molar-refractivity contribution in [3.05, 3.63) is 28.0 Å². The highest BCUT2D eigenvalue weighted by Crippen LogP contribution is 2.22. The van der Waals surface area contributed by atoms with E-state index in [1.54, 1.807) is 4.68 Å². The van der Waals surface area contributed by atoms with Crippen LogP contribution in [-0.4, -0.2) is 40.3 Å². The van der Waals surface area contributed by atoms with Gasteiger partial charge in [0.25, 0.3) is 5.91 Å². The van der Waals surface area contributed by atoms with Crippen molar-refractivity contribution >= 4 is 23.2 Å². The number of rotatable bonds is 8. The van der Waals surface area contributed by atoms with Crippen LogP contribution in [0.3, 0.4) is 0 Å². The summed E-state index contributed by atoms with van der Waals surface area (Å²) >= 11 is 1.34. The van der Waals surface area contributed by atoms with Gasteiger partial charge in [-0.1, -0.05) is 17.8 Å². The third kappa shape index (κ3) is 5.12. The number of amides is 1. The van der Waals surface area contributed by atoms with Crippen LogP contribution in [0.25, 0.3) is 5.13 Å². The summed E-state index contributed by atoms with van der Waals surface area (Å²) in [6.45, 7) is 6.30. The average molecular weight is 364 g/mol. The van der Waals surface area contributed by atoms with Gasteiger partial charge in [0, 0.05) is 18.7 Å². The fourth-order valence-electron chi connectivity index (χ4n) is 2.46. The highest BCUT2D eigenvalue weighted by Gasteiger charge is 2.17. The van der Waals surface area contributed by atoms with E-state index in [-0.39, 0.29) is 11.9 Å². The Bertz CT molecular complexity index is 751. The predicted octanol–water partition coefficient (Wildman–Crippen LogP) is 2.72. The van der Waals surface area contributed by atoms with E-state index in [0.29, 0.717) is 28.7 Å². The van der Waals surface area contributed by atoms with E-state index in [0.717, 1.165) is 30.7 Å². The first-order chi connectivity index (χ1) is 11.9. The molecule has 0 aliphatic rings. The molecule has 0 fully saturated rings. The van der Waals surface area contributed by atoms with E-state index in [1.165, 1.54) is 18.4 Å². The quantitative estimate of drug-likeness (QED) is 0.575.